The van der Waals surface area contributed by atoms with Gasteiger partial charge in [0.15, 0.2) is 0 Å². The summed E-state index contributed by atoms with van der Waals surface area (Å²) in [5.41, 5.74) is 2.63. The Morgan fingerprint density at radius 3 is 2.56 bits per heavy atom. The van der Waals surface area contributed by atoms with Gasteiger partial charge in [-0.3, -0.25) is 4.79 Å². The zero-order valence-corrected chi connectivity index (χ0v) is 11.5. The van der Waals surface area contributed by atoms with Crippen LogP contribution in [0.5, 0.6) is 0 Å². The van der Waals surface area contributed by atoms with Gasteiger partial charge in [-0.2, -0.15) is 0 Å². The first-order valence-corrected chi connectivity index (χ1v) is 6.53. The molecule has 0 radical (unpaired) electrons. The molecule has 100 valence electrons. The second-order valence-electron chi connectivity index (χ2n) is 4.55. The van der Waals surface area contributed by atoms with Gasteiger partial charge in [-0.25, -0.2) is 0 Å². The van der Waals surface area contributed by atoms with Gasteiger partial charge in [-0.1, -0.05) is 38.1 Å². The van der Waals surface area contributed by atoms with E-state index in [1.165, 1.54) is 18.2 Å². The molecule has 0 saturated carbocycles. The Morgan fingerprint density at radius 1 is 1.33 bits per heavy atom. The Kier molecular flexibility index (Phi) is 6.44. The third-order valence-corrected chi connectivity index (χ3v) is 3.22. The predicted molar refractivity (Wildman–Crippen MR) is 73.5 cm³/mol. The van der Waals surface area contributed by atoms with E-state index in [0.29, 0.717) is 18.9 Å². The fourth-order valence-electron chi connectivity index (χ4n) is 1.72. The molecule has 1 aromatic carbocycles. The molecule has 0 spiro atoms. The summed E-state index contributed by atoms with van der Waals surface area (Å²) >= 11 is 0. The van der Waals surface area contributed by atoms with Crippen LogP contribution in [0, 0.1) is 0 Å². The number of carbonyl (C=O) groups excluding carboxylic acids is 1. The Morgan fingerprint density at radius 2 is 2.00 bits per heavy atom. The maximum absolute atomic E-state index is 10.9. The first-order valence-electron chi connectivity index (χ1n) is 6.53. The standard InChI is InChI=1S/C15H23NO2/c1-4-12(2)14-7-5-13(6-8-14)11-16-10-9-15(17)18-3/h5-8,12,16H,4,9-11H2,1-3H3. The molecular weight excluding hydrogens is 226 g/mol. The fourth-order valence-corrected chi connectivity index (χ4v) is 1.72. The first-order chi connectivity index (χ1) is 8.67. The van der Waals surface area contributed by atoms with Crippen molar-refractivity contribution >= 4 is 5.97 Å². The minimum absolute atomic E-state index is 0.172. The number of carbonyl (C=O) groups is 1. The normalized spacial score (nSPS) is 12.2. The largest absolute Gasteiger partial charge is 0.469 e. The SMILES string of the molecule is CCC(C)c1ccc(CNCCC(=O)OC)cc1. The molecule has 0 fully saturated rings. The molecule has 3 nitrogen and oxygen atoms in total. The van der Waals surface area contributed by atoms with E-state index in [1.807, 2.05) is 0 Å². The van der Waals surface area contributed by atoms with Crippen molar-refractivity contribution in [3.63, 3.8) is 0 Å². The molecule has 0 aromatic heterocycles. The molecule has 1 rings (SSSR count). The summed E-state index contributed by atoms with van der Waals surface area (Å²) in [6.07, 6.45) is 1.58. The molecule has 0 aliphatic rings. The summed E-state index contributed by atoms with van der Waals surface area (Å²) in [5, 5.41) is 3.23. The van der Waals surface area contributed by atoms with Gasteiger partial charge in [0.05, 0.1) is 13.5 Å². The molecule has 1 atom stereocenters. The predicted octanol–water partition coefficient (Wildman–Crippen LogP) is 2.85. The molecule has 0 saturated heterocycles. The minimum Gasteiger partial charge on any atom is -0.469 e. The highest BCUT2D eigenvalue weighted by Crippen LogP contribution is 2.18. The molecule has 3 heteroatoms. The van der Waals surface area contributed by atoms with Gasteiger partial charge in [0.25, 0.3) is 0 Å². The van der Waals surface area contributed by atoms with Crippen molar-refractivity contribution in [1.29, 1.82) is 0 Å². The second kappa shape index (κ2) is 7.88. The minimum atomic E-state index is -0.172. The lowest BCUT2D eigenvalue weighted by Gasteiger charge is -2.10. The molecular formula is C15H23NO2. The molecule has 0 heterocycles. The van der Waals surface area contributed by atoms with Gasteiger partial charge >= 0.3 is 5.97 Å². The number of benzene rings is 1. The molecule has 1 N–H and O–H groups in total. The highest BCUT2D eigenvalue weighted by molar-refractivity contribution is 5.69. The second-order valence-corrected chi connectivity index (χ2v) is 4.55. The van der Waals surface area contributed by atoms with Crippen molar-refractivity contribution in [3.8, 4) is 0 Å². The van der Waals surface area contributed by atoms with Gasteiger partial charge in [0.2, 0.25) is 0 Å². The van der Waals surface area contributed by atoms with Crippen LogP contribution in [0.2, 0.25) is 0 Å². The van der Waals surface area contributed by atoms with Crippen molar-refractivity contribution < 1.29 is 9.53 Å². The quantitative estimate of drug-likeness (QED) is 0.596. The van der Waals surface area contributed by atoms with Gasteiger partial charge in [0, 0.05) is 13.1 Å². The summed E-state index contributed by atoms with van der Waals surface area (Å²) in [5.74, 6) is 0.445. The lowest BCUT2D eigenvalue weighted by Crippen LogP contribution is -2.18. The number of ether oxygens (including phenoxy) is 1. The molecule has 1 aromatic rings. The monoisotopic (exact) mass is 249 g/mol. The highest BCUT2D eigenvalue weighted by atomic mass is 16.5. The summed E-state index contributed by atoms with van der Waals surface area (Å²) in [4.78, 5) is 10.9. The maximum Gasteiger partial charge on any atom is 0.306 e. The van der Waals surface area contributed by atoms with Crippen LogP contribution in [-0.4, -0.2) is 19.6 Å². The van der Waals surface area contributed by atoms with Crippen LogP contribution in [-0.2, 0) is 16.1 Å². The van der Waals surface area contributed by atoms with Gasteiger partial charge < -0.3 is 10.1 Å². The molecule has 0 bridgehead atoms. The Hall–Kier alpha value is -1.35. The number of esters is 1. The van der Waals surface area contributed by atoms with E-state index in [4.69, 9.17) is 0 Å². The van der Waals surface area contributed by atoms with E-state index in [9.17, 15) is 4.79 Å². The van der Waals surface area contributed by atoms with Crippen molar-refractivity contribution in [1.82, 2.24) is 5.32 Å². The van der Waals surface area contributed by atoms with E-state index in [0.717, 1.165) is 13.0 Å². The third kappa shape index (κ3) is 4.88. The van der Waals surface area contributed by atoms with Crippen LogP contribution in [0.3, 0.4) is 0 Å². The lowest BCUT2D eigenvalue weighted by molar-refractivity contribution is -0.140. The van der Waals surface area contributed by atoms with E-state index < -0.39 is 0 Å². The van der Waals surface area contributed by atoms with Crippen LogP contribution in [0.25, 0.3) is 0 Å². The summed E-state index contributed by atoms with van der Waals surface area (Å²) < 4.78 is 4.58. The maximum atomic E-state index is 10.9. The van der Waals surface area contributed by atoms with Crippen molar-refractivity contribution in [2.75, 3.05) is 13.7 Å². The average Bonchev–Trinajstić information content (AvgIpc) is 2.43. The van der Waals surface area contributed by atoms with Gasteiger partial charge in [0.1, 0.15) is 0 Å². The van der Waals surface area contributed by atoms with Crippen molar-refractivity contribution in [3.05, 3.63) is 35.4 Å². The summed E-state index contributed by atoms with van der Waals surface area (Å²) in [6.45, 7) is 5.88. The van der Waals surface area contributed by atoms with Gasteiger partial charge in [-0.05, 0) is 23.5 Å². The van der Waals surface area contributed by atoms with Crippen molar-refractivity contribution in [2.45, 2.75) is 39.2 Å². The third-order valence-electron chi connectivity index (χ3n) is 3.22. The van der Waals surface area contributed by atoms with Crippen LogP contribution in [0.1, 0.15) is 43.7 Å². The highest BCUT2D eigenvalue weighted by Gasteiger charge is 2.02. The van der Waals surface area contributed by atoms with Crippen LogP contribution in [0.4, 0.5) is 0 Å². The zero-order valence-electron chi connectivity index (χ0n) is 11.5. The lowest BCUT2D eigenvalue weighted by atomic mass is 9.98. The van der Waals surface area contributed by atoms with Crippen molar-refractivity contribution in [2.24, 2.45) is 0 Å². The summed E-state index contributed by atoms with van der Waals surface area (Å²) in [7, 11) is 1.41. The smallest absolute Gasteiger partial charge is 0.306 e. The number of rotatable bonds is 7. The average molecular weight is 249 g/mol. The Balaban J connectivity index is 2.33. The van der Waals surface area contributed by atoms with E-state index in [1.54, 1.807) is 0 Å². The molecule has 0 aliphatic carbocycles. The van der Waals surface area contributed by atoms with Crippen LogP contribution in [0.15, 0.2) is 24.3 Å². The van der Waals surface area contributed by atoms with E-state index in [2.05, 4.69) is 48.2 Å². The van der Waals surface area contributed by atoms with E-state index >= 15 is 0 Å². The molecule has 0 amide bonds. The number of hydrogen-bond acceptors (Lipinski definition) is 3. The number of methoxy groups -OCH3 is 1. The Bertz CT molecular complexity index is 359. The Labute approximate surface area is 110 Å². The number of nitrogens with one attached hydrogen (secondary N) is 1. The molecule has 1 unspecified atom stereocenters. The fraction of sp³-hybridized carbons (Fsp3) is 0.533. The number of hydrogen-bond donors (Lipinski definition) is 1. The first kappa shape index (κ1) is 14.7. The molecule has 18 heavy (non-hydrogen) atoms. The van der Waals surface area contributed by atoms with Crippen LogP contribution < -0.4 is 5.32 Å². The van der Waals surface area contributed by atoms with Gasteiger partial charge in [-0.15, -0.1) is 0 Å². The zero-order chi connectivity index (χ0) is 13.4. The molecule has 0 aliphatic heterocycles. The van der Waals surface area contributed by atoms with Crippen LogP contribution >= 0.6 is 0 Å². The topological polar surface area (TPSA) is 38.3 Å². The summed E-state index contributed by atoms with van der Waals surface area (Å²) in [6, 6.07) is 8.66. The van der Waals surface area contributed by atoms with E-state index in [-0.39, 0.29) is 5.97 Å².